The normalized spacial score (nSPS) is 17.2. The van der Waals surface area contributed by atoms with E-state index in [1.807, 2.05) is 12.1 Å². The van der Waals surface area contributed by atoms with Crippen LogP contribution in [0.15, 0.2) is 24.5 Å². The number of ether oxygens (including phenoxy) is 1. The van der Waals surface area contributed by atoms with Crippen LogP contribution in [-0.4, -0.2) is 35.2 Å². The molecular formula is C15H18N4O3S. The number of nitrogens with one attached hydrogen (secondary N) is 2. The van der Waals surface area contributed by atoms with E-state index in [4.69, 9.17) is 4.74 Å². The summed E-state index contributed by atoms with van der Waals surface area (Å²) in [6.45, 7) is 0.906. The fourth-order valence-electron chi connectivity index (χ4n) is 2.38. The molecule has 1 fully saturated rings. The van der Waals surface area contributed by atoms with Crippen LogP contribution in [0.4, 0.5) is 5.69 Å². The van der Waals surface area contributed by atoms with Crippen LogP contribution >= 0.6 is 11.3 Å². The summed E-state index contributed by atoms with van der Waals surface area (Å²) in [5.41, 5.74) is 0.561. The summed E-state index contributed by atoms with van der Waals surface area (Å²) in [5.74, 6) is -0.329. The lowest BCUT2D eigenvalue weighted by molar-refractivity contribution is -0.121. The molecule has 1 aliphatic heterocycles. The molecule has 1 aliphatic rings. The second kappa shape index (κ2) is 6.93. The van der Waals surface area contributed by atoms with Gasteiger partial charge in [0.1, 0.15) is 6.54 Å². The average molecular weight is 334 g/mol. The second-order valence-corrected chi connectivity index (χ2v) is 6.37. The first kappa shape index (κ1) is 15.7. The molecule has 0 aliphatic carbocycles. The minimum atomic E-state index is -0.182. The maximum atomic E-state index is 12.3. The molecule has 23 heavy (non-hydrogen) atoms. The zero-order valence-corrected chi connectivity index (χ0v) is 13.6. The molecule has 2 aromatic heterocycles. The van der Waals surface area contributed by atoms with Crippen LogP contribution in [0.3, 0.4) is 0 Å². The second-order valence-electron chi connectivity index (χ2n) is 5.26. The van der Waals surface area contributed by atoms with E-state index >= 15 is 0 Å². The van der Waals surface area contributed by atoms with Crippen LogP contribution in [-0.2, 0) is 16.1 Å². The van der Waals surface area contributed by atoms with Crippen molar-refractivity contribution in [1.82, 2.24) is 15.1 Å². The summed E-state index contributed by atoms with van der Waals surface area (Å²) in [6, 6.07) is 3.76. The standard InChI is InChI=1S/C15H18N4O3S/c1-16-14(20)9-19-8-10(7-17-19)18-15(21)13-5-4-12(23-13)11-3-2-6-22-11/h4-5,7-8,11H,2-3,6,9H2,1H3,(H,16,20)(H,18,21). The Labute approximate surface area is 137 Å². The molecule has 1 unspecified atom stereocenters. The molecule has 7 nitrogen and oxygen atoms in total. The highest BCUT2D eigenvalue weighted by molar-refractivity contribution is 7.14. The number of aromatic nitrogens is 2. The van der Waals surface area contributed by atoms with Gasteiger partial charge in [-0.05, 0) is 25.0 Å². The molecule has 0 bridgehead atoms. The number of amides is 2. The predicted molar refractivity (Wildman–Crippen MR) is 86.5 cm³/mol. The van der Waals surface area contributed by atoms with Crippen molar-refractivity contribution in [3.8, 4) is 0 Å². The van der Waals surface area contributed by atoms with Gasteiger partial charge in [0.05, 0.1) is 22.9 Å². The molecule has 1 saturated heterocycles. The maximum Gasteiger partial charge on any atom is 0.265 e. The summed E-state index contributed by atoms with van der Waals surface area (Å²) < 4.78 is 7.10. The number of carbonyl (C=O) groups is 2. The Morgan fingerprint density at radius 1 is 1.48 bits per heavy atom. The molecule has 2 amide bonds. The van der Waals surface area contributed by atoms with Crippen LogP contribution in [0.1, 0.15) is 33.5 Å². The van der Waals surface area contributed by atoms with Gasteiger partial charge in [0.15, 0.2) is 0 Å². The summed E-state index contributed by atoms with van der Waals surface area (Å²) in [6.07, 6.45) is 5.34. The lowest BCUT2D eigenvalue weighted by Crippen LogP contribution is -2.23. The third kappa shape index (κ3) is 3.77. The monoisotopic (exact) mass is 334 g/mol. The van der Waals surface area contributed by atoms with Gasteiger partial charge >= 0.3 is 0 Å². The van der Waals surface area contributed by atoms with Crippen molar-refractivity contribution >= 4 is 28.8 Å². The Morgan fingerprint density at radius 3 is 3.09 bits per heavy atom. The van der Waals surface area contributed by atoms with Crippen molar-refractivity contribution in [3.05, 3.63) is 34.3 Å². The molecule has 8 heteroatoms. The van der Waals surface area contributed by atoms with Gasteiger partial charge in [0.2, 0.25) is 5.91 Å². The largest absolute Gasteiger partial charge is 0.373 e. The molecule has 0 aromatic carbocycles. The van der Waals surface area contributed by atoms with Gasteiger partial charge in [-0.15, -0.1) is 11.3 Å². The lowest BCUT2D eigenvalue weighted by atomic mass is 10.2. The highest BCUT2D eigenvalue weighted by Gasteiger charge is 2.21. The number of hydrogen-bond acceptors (Lipinski definition) is 5. The van der Waals surface area contributed by atoms with Gasteiger partial charge in [-0.1, -0.05) is 0 Å². The predicted octanol–water partition coefficient (Wildman–Crippen LogP) is 1.79. The molecular weight excluding hydrogens is 316 g/mol. The number of carbonyl (C=O) groups excluding carboxylic acids is 2. The van der Waals surface area contributed by atoms with Crippen LogP contribution in [0, 0.1) is 0 Å². The van der Waals surface area contributed by atoms with Crippen molar-refractivity contribution in [1.29, 1.82) is 0 Å². The zero-order valence-electron chi connectivity index (χ0n) is 12.7. The third-order valence-corrected chi connectivity index (χ3v) is 4.75. The number of thiophene rings is 1. The average Bonchev–Trinajstić information content (AvgIpc) is 3.28. The van der Waals surface area contributed by atoms with Crippen molar-refractivity contribution in [2.24, 2.45) is 0 Å². The number of nitrogens with zero attached hydrogens (tertiary/aromatic N) is 2. The van der Waals surface area contributed by atoms with E-state index in [9.17, 15) is 9.59 Å². The van der Waals surface area contributed by atoms with Crippen LogP contribution in [0.2, 0.25) is 0 Å². The quantitative estimate of drug-likeness (QED) is 0.873. The van der Waals surface area contributed by atoms with Gasteiger partial charge in [-0.2, -0.15) is 5.10 Å². The van der Waals surface area contributed by atoms with Gasteiger partial charge < -0.3 is 15.4 Å². The Kier molecular flexibility index (Phi) is 4.73. The number of likely N-dealkylation sites (N-methyl/N-ethyl adjacent to an activating group) is 1. The van der Waals surface area contributed by atoms with Crippen LogP contribution in [0.5, 0.6) is 0 Å². The van der Waals surface area contributed by atoms with Gasteiger partial charge in [-0.3, -0.25) is 14.3 Å². The SMILES string of the molecule is CNC(=O)Cn1cc(NC(=O)c2ccc(C3CCCO3)s2)cn1. The molecule has 3 heterocycles. The summed E-state index contributed by atoms with van der Waals surface area (Å²) >= 11 is 1.45. The number of rotatable bonds is 5. The molecule has 1 atom stereocenters. The number of anilines is 1. The maximum absolute atomic E-state index is 12.3. The molecule has 0 spiro atoms. The molecule has 122 valence electrons. The first-order valence-corrected chi connectivity index (χ1v) is 8.23. The first-order valence-electron chi connectivity index (χ1n) is 7.41. The summed E-state index contributed by atoms with van der Waals surface area (Å²) in [4.78, 5) is 25.3. The first-order chi connectivity index (χ1) is 11.2. The molecule has 0 radical (unpaired) electrons. The minimum Gasteiger partial charge on any atom is -0.373 e. The van der Waals surface area contributed by atoms with Crippen LogP contribution in [0.25, 0.3) is 0 Å². The molecule has 2 aromatic rings. The molecule has 2 N–H and O–H groups in total. The third-order valence-electron chi connectivity index (χ3n) is 3.57. The number of hydrogen-bond donors (Lipinski definition) is 2. The van der Waals surface area contributed by atoms with Gasteiger partial charge in [0.25, 0.3) is 5.91 Å². The smallest absolute Gasteiger partial charge is 0.265 e. The topological polar surface area (TPSA) is 85.2 Å². The summed E-state index contributed by atoms with van der Waals surface area (Å²) in [7, 11) is 1.57. The van der Waals surface area contributed by atoms with E-state index in [1.165, 1.54) is 22.2 Å². The fourth-order valence-corrected chi connectivity index (χ4v) is 3.37. The van der Waals surface area contributed by atoms with Crippen molar-refractivity contribution < 1.29 is 14.3 Å². The highest BCUT2D eigenvalue weighted by Crippen LogP contribution is 2.33. The van der Waals surface area contributed by atoms with E-state index in [1.54, 1.807) is 13.2 Å². The zero-order chi connectivity index (χ0) is 16.2. The van der Waals surface area contributed by atoms with Crippen molar-refractivity contribution in [2.75, 3.05) is 19.0 Å². The van der Waals surface area contributed by atoms with E-state index in [0.717, 1.165) is 24.3 Å². The van der Waals surface area contributed by atoms with E-state index < -0.39 is 0 Å². The van der Waals surface area contributed by atoms with E-state index in [2.05, 4.69) is 15.7 Å². The van der Waals surface area contributed by atoms with Gasteiger partial charge in [-0.25, -0.2) is 0 Å². The molecule has 3 rings (SSSR count). The minimum absolute atomic E-state index is 0.120. The Balaban J connectivity index is 1.61. The fraction of sp³-hybridized carbons (Fsp3) is 0.400. The Morgan fingerprint density at radius 2 is 2.35 bits per heavy atom. The molecule has 0 saturated carbocycles. The Hall–Kier alpha value is -2.19. The van der Waals surface area contributed by atoms with Gasteiger partial charge in [0, 0.05) is 24.7 Å². The van der Waals surface area contributed by atoms with E-state index in [0.29, 0.717) is 10.6 Å². The van der Waals surface area contributed by atoms with Crippen molar-refractivity contribution in [2.45, 2.75) is 25.5 Å². The lowest BCUT2D eigenvalue weighted by Gasteiger charge is -2.05. The van der Waals surface area contributed by atoms with Crippen molar-refractivity contribution in [3.63, 3.8) is 0 Å². The highest BCUT2D eigenvalue weighted by atomic mass is 32.1. The summed E-state index contributed by atoms with van der Waals surface area (Å²) in [5, 5.41) is 9.35. The van der Waals surface area contributed by atoms with Crippen LogP contribution < -0.4 is 10.6 Å². The Bertz CT molecular complexity index is 703. The van der Waals surface area contributed by atoms with E-state index in [-0.39, 0.29) is 24.5 Å².